The molecular weight excluding hydrogens is 356 g/mol. The maximum absolute atomic E-state index is 12.2. The van der Waals surface area contributed by atoms with Gasteiger partial charge in [0.15, 0.2) is 0 Å². The fraction of sp³-hybridized carbons (Fsp3) is 0.381. The van der Waals surface area contributed by atoms with Crippen LogP contribution in [-0.2, 0) is 17.7 Å². The maximum atomic E-state index is 12.2. The average Bonchev–Trinajstić information content (AvgIpc) is 2.71. The van der Waals surface area contributed by atoms with Gasteiger partial charge in [-0.1, -0.05) is 19.1 Å². The summed E-state index contributed by atoms with van der Waals surface area (Å²) in [7, 11) is 0. The van der Waals surface area contributed by atoms with E-state index >= 15 is 0 Å². The van der Waals surface area contributed by atoms with Crippen molar-refractivity contribution in [2.75, 3.05) is 25.5 Å². The number of nitrogens with two attached hydrogens (primary N) is 1. The molecule has 0 radical (unpaired) electrons. The van der Waals surface area contributed by atoms with E-state index in [1.165, 1.54) is 0 Å². The summed E-state index contributed by atoms with van der Waals surface area (Å²) in [6, 6.07) is 9.74. The molecule has 0 saturated heterocycles. The number of benzene rings is 1. The third-order valence-corrected chi connectivity index (χ3v) is 4.63. The molecule has 0 atom stereocenters. The van der Waals surface area contributed by atoms with Crippen molar-refractivity contribution < 1.29 is 14.3 Å². The fourth-order valence-electron chi connectivity index (χ4n) is 3.32. The lowest BCUT2D eigenvalue weighted by molar-refractivity contribution is 0.102. The van der Waals surface area contributed by atoms with Gasteiger partial charge in [0.25, 0.3) is 0 Å². The number of fused-ring (bicyclic) bond motifs is 1. The lowest BCUT2D eigenvalue weighted by Gasteiger charge is -2.29. The minimum absolute atomic E-state index is 0.215. The van der Waals surface area contributed by atoms with E-state index in [0.717, 1.165) is 34.6 Å². The predicted octanol–water partition coefficient (Wildman–Crippen LogP) is 3.51. The van der Waals surface area contributed by atoms with Gasteiger partial charge in [-0.25, -0.2) is 9.78 Å². The zero-order chi connectivity index (χ0) is 20.1. The summed E-state index contributed by atoms with van der Waals surface area (Å²) in [5.41, 5.74) is 9.62. The summed E-state index contributed by atoms with van der Waals surface area (Å²) in [4.78, 5) is 18.3. The number of hydrogen-bond donors (Lipinski definition) is 1. The van der Waals surface area contributed by atoms with E-state index in [-0.39, 0.29) is 11.9 Å². The Morgan fingerprint density at radius 1 is 1.32 bits per heavy atom. The topological polar surface area (TPSA) is 101 Å². The van der Waals surface area contributed by atoms with Crippen LogP contribution in [0.25, 0.3) is 11.1 Å². The van der Waals surface area contributed by atoms with Gasteiger partial charge >= 0.3 is 6.09 Å². The van der Waals surface area contributed by atoms with Crippen molar-refractivity contribution >= 4 is 11.9 Å². The van der Waals surface area contributed by atoms with E-state index in [1.807, 2.05) is 24.3 Å². The van der Waals surface area contributed by atoms with E-state index < -0.39 is 0 Å². The van der Waals surface area contributed by atoms with Crippen LogP contribution in [0, 0.1) is 11.3 Å². The first kappa shape index (κ1) is 19.5. The fourth-order valence-corrected chi connectivity index (χ4v) is 3.32. The molecule has 146 valence electrons. The zero-order valence-electron chi connectivity index (χ0n) is 16.2. The van der Waals surface area contributed by atoms with Gasteiger partial charge in [-0.05, 0) is 31.0 Å². The van der Waals surface area contributed by atoms with Gasteiger partial charge in [0.05, 0.1) is 25.5 Å². The van der Waals surface area contributed by atoms with Crippen LogP contribution in [0.1, 0.15) is 37.1 Å². The normalized spacial score (nSPS) is 12.8. The van der Waals surface area contributed by atoms with Crippen molar-refractivity contribution in [3.8, 4) is 22.9 Å². The molecular formula is C21H24N4O3. The molecule has 0 unspecified atom stereocenters. The highest BCUT2D eigenvalue weighted by atomic mass is 16.6. The molecule has 0 saturated carbocycles. The van der Waals surface area contributed by atoms with Crippen molar-refractivity contribution in [3.05, 3.63) is 41.1 Å². The van der Waals surface area contributed by atoms with Crippen molar-refractivity contribution in [1.82, 2.24) is 9.88 Å². The van der Waals surface area contributed by atoms with E-state index in [9.17, 15) is 10.1 Å². The molecule has 0 aliphatic carbocycles. The molecule has 0 bridgehead atoms. The smallest absolute Gasteiger partial charge is 0.410 e. The summed E-state index contributed by atoms with van der Waals surface area (Å²) in [5, 5.41) is 9.69. The standard InChI is InChI=1S/C21H24N4O3/c1-3-11-28-15-7-5-14(6-8-15)19-16(12-22)20(23)24-18-9-10-25(13-17(18)19)21(26)27-4-2/h5-8H,3-4,9-11,13H2,1-2H3,(H2,23,24). The van der Waals surface area contributed by atoms with Crippen LogP contribution in [0.2, 0.25) is 0 Å². The molecule has 2 N–H and O–H groups in total. The largest absolute Gasteiger partial charge is 0.494 e. The van der Waals surface area contributed by atoms with Crippen LogP contribution in [0.5, 0.6) is 5.75 Å². The number of amides is 1. The maximum Gasteiger partial charge on any atom is 0.410 e. The van der Waals surface area contributed by atoms with E-state index in [0.29, 0.717) is 38.3 Å². The molecule has 1 aliphatic rings. The summed E-state index contributed by atoms with van der Waals surface area (Å²) in [5.74, 6) is 0.986. The van der Waals surface area contributed by atoms with Gasteiger partial charge in [-0.3, -0.25) is 0 Å². The number of nitrogens with zero attached hydrogens (tertiary/aromatic N) is 3. The van der Waals surface area contributed by atoms with Gasteiger partial charge in [-0.15, -0.1) is 0 Å². The molecule has 2 aromatic rings. The Kier molecular flexibility index (Phi) is 5.99. The van der Waals surface area contributed by atoms with Gasteiger partial charge in [0, 0.05) is 24.1 Å². The minimum Gasteiger partial charge on any atom is -0.494 e. The van der Waals surface area contributed by atoms with Gasteiger partial charge < -0.3 is 20.1 Å². The highest BCUT2D eigenvalue weighted by molar-refractivity contribution is 5.80. The van der Waals surface area contributed by atoms with E-state index in [2.05, 4.69) is 18.0 Å². The number of aromatic nitrogens is 1. The number of nitriles is 1. The number of anilines is 1. The van der Waals surface area contributed by atoms with Crippen molar-refractivity contribution in [2.45, 2.75) is 33.2 Å². The first-order valence-electron chi connectivity index (χ1n) is 9.45. The molecule has 0 spiro atoms. The Balaban J connectivity index is 2.04. The number of carbonyl (C=O) groups excluding carboxylic acids is 1. The quantitative estimate of drug-likeness (QED) is 0.852. The Bertz CT molecular complexity index is 903. The van der Waals surface area contributed by atoms with E-state index in [1.54, 1.807) is 11.8 Å². The van der Waals surface area contributed by atoms with Crippen LogP contribution in [-0.4, -0.2) is 35.7 Å². The summed E-state index contributed by atoms with van der Waals surface area (Å²) < 4.78 is 10.8. The van der Waals surface area contributed by atoms with Crippen molar-refractivity contribution in [2.24, 2.45) is 0 Å². The van der Waals surface area contributed by atoms with Crippen molar-refractivity contribution in [1.29, 1.82) is 5.26 Å². The second-order valence-electron chi connectivity index (χ2n) is 6.53. The SMILES string of the molecule is CCCOc1ccc(-c2c(C#N)c(N)nc3c2CN(C(=O)OCC)CC3)cc1. The van der Waals surface area contributed by atoms with Crippen LogP contribution < -0.4 is 10.5 Å². The second kappa shape index (κ2) is 8.61. The Morgan fingerprint density at radius 3 is 2.71 bits per heavy atom. The Hall–Kier alpha value is -3.27. The monoisotopic (exact) mass is 380 g/mol. The lowest BCUT2D eigenvalue weighted by Crippen LogP contribution is -2.37. The number of ether oxygens (including phenoxy) is 2. The molecule has 7 heteroatoms. The number of rotatable bonds is 5. The summed E-state index contributed by atoms with van der Waals surface area (Å²) >= 11 is 0. The van der Waals surface area contributed by atoms with E-state index in [4.69, 9.17) is 15.2 Å². The minimum atomic E-state index is -0.363. The molecule has 28 heavy (non-hydrogen) atoms. The van der Waals surface area contributed by atoms with Crippen LogP contribution >= 0.6 is 0 Å². The third-order valence-electron chi connectivity index (χ3n) is 4.63. The second-order valence-corrected chi connectivity index (χ2v) is 6.53. The Labute approximate surface area is 164 Å². The highest BCUT2D eigenvalue weighted by Gasteiger charge is 2.28. The zero-order valence-corrected chi connectivity index (χ0v) is 16.2. The number of carbonyl (C=O) groups is 1. The predicted molar refractivity (Wildman–Crippen MR) is 106 cm³/mol. The number of nitrogen functional groups attached to an aromatic ring is 1. The Morgan fingerprint density at radius 2 is 2.07 bits per heavy atom. The molecule has 2 heterocycles. The number of pyridine rings is 1. The third kappa shape index (κ3) is 3.86. The molecule has 1 aromatic carbocycles. The van der Waals surface area contributed by atoms with Crippen LogP contribution in [0.15, 0.2) is 24.3 Å². The highest BCUT2D eigenvalue weighted by Crippen LogP contribution is 2.35. The molecule has 0 fully saturated rings. The molecule has 7 nitrogen and oxygen atoms in total. The first-order valence-corrected chi connectivity index (χ1v) is 9.45. The lowest BCUT2D eigenvalue weighted by atomic mass is 9.91. The molecule has 1 aliphatic heterocycles. The number of hydrogen-bond acceptors (Lipinski definition) is 6. The summed E-state index contributed by atoms with van der Waals surface area (Å²) in [6.07, 6.45) is 1.13. The van der Waals surface area contributed by atoms with Gasteiger partial charge in [0.1, 0.15) is 23.2 Å². The van der Waals surface area contributed by atoms with Crippen molar-refractivity contribution in [3.63, 3.8) is 0 Å². The molecule has 1 aromatic heterocycles. The first-order chi connectivity index (χ1) is 13.6. The van der Waals surface area contributed by atoms with Crippen LogP contribution in [0.3, 0.4) is 0 Å². The summed E-state index contributed by atoms with van der Waals surface area (Å²) in [6.45, 7) is 5.63. The average molecular weight is 380 g/mol. The molecule has 3 rings (SSSR count). The molecule has 1 amide bonds. The van der Waals surface area contributed by atoms with Gasteiger partial charge in [-0.2, -0.15) is 5.26 Å². The van der Waals surface area contributed by atoms with Crippen LogP contribution in [0.4, 0.5) is 10.6 Å². The van der Waals surface area contributed by atoms with Gasteiger partial charge in [0.2, 0.25) is 0 Å².